The highest BCUT2D eigenvalue weighted by atomic mass is 16.5. The van der Waals surface area contributed by atoms with Crippen molar-refractivity contribution < 1.29 is 4.74 Å². The van der Waals surface area contributed by atoms with E-state index >= 15 is 0 Å². The molecule has 6 nitrogen and oxygen atoms in total. The lowest BCUT2D eigenvalue weighted by Gasteiger charge is -2.09. The van der Waals surface area contributed by atoms with Crippen molar-refractivity contribution in [2.75, 3.05) is 30.8 Å². The van der Waals surface area contributed by atoms with Gasteiger partial charge in [-0.05, 0) is 24.5 Å². The maximum atomic E-state index is 5.34. The molecule has 0 amide bonds. The van der Waals surface area contributed by atoms with Crippen LogP contribution in [0.3, 0.4) is 0 Å². The molecule has 0 aliphatic rings. The second-order valence-corrected chi connectivity index (χ2v) is 4.93. The van der Waals surface area contributed by atoms with Crippen molar-refractivity contribution in [2.24, 2.45) is 0 Å². The normalized spacial score (nSPS) is 10.3. The average Bonchev–Trinajstić information content (AvgIpc) is 2.56. The van der Waals surface area contributed by atoms with Crippen molar-refractivity contribution in [2.45, 2.75) is 26.2 Å². The summed E-state index contributed by atoms with van der Waals surface area (Å²) in [5, 5.41) is 14.4. The van der Waals surface area contributed by atoms with E-state index in [1.807, 2.05) is 18.2 Å². The summed E-state index contributed by atoms with van der Waals surface area (Å²) in [6, 6.07) is 8.00. The van der Waals surface area contributed by atoms with E-state index in [0.29, 0.717) is 5.95 Å². The molecule has 2 N–H and O–H groups in total. The van der Waals surface area contributed by atoms with E-state index in [-0.39, 0.29) is 0 Å². The number of methoxy groups -OCH3 is 1. The van der Waals surface area contributed by atoms with Crippen LogP contribution in [0.1, 0.15) is 25.3 Å². The molecule has 1 aromatic carbocycles. The molecule has 0 unspecified atom stereocenters. The van der Waals surface area contributed by atoms with Gasteiger partial charge < -0.3 is 15.4 Å². The molecular weight excluding hydrogens is 278 g/mol. The second-order valence-electron chi connectivity index (χ2n) is 4.93. The fourth-order valence-electron chi connectivity index (χ4n) is 2.08. The van der Waals surface area contributed by atoms with Crippen LogP contribution in [0.2, 0.25) is 0 Å². The van der Waals surface area contributed by atoms with Crippen molar-refractivity contribution in [3.8, 4) is 5.75 Å². The molecule has 0 radical (unpaired) electrons. The summed E-state index contributed by atoms with van der Waals surface area (Å²) in [6.45, 7) is 3.78. The third-order valence-electron chi connectivity index (χ3n) is 3.27. The van der Waals surface area contributed by atoms with Gasteiger partial charge >= 0.3 is 0 Å². The van der Waals surface area contributed by atoms with Crippen LogP contribution in [0.4, 0.5) is 11.8 Å². The largest absolute Gasteiger partial charge is 0.496 e. The maximum Gasteiger partial charge on any atom is 0.244 e. The molecule has 0 atom stereocenters. The SMILES string of the molecule is CCCCNc1cnnc(NCCc2ccccc2OC)n1. The van der Waals surface area contributed by atoms with Gasteiger partial charge in [0.05, 0.1) is 13.3 Å². The van der Waals surface area contributed by atoms with Gasteiger partial charge in [0, 0.05) is 13.1 Å². The summed E-state index contributed by atoms with van der Waals surface area (Å²) in [5.41, 5.74) is 1.16. The smallest absolute Gasteiger partial charge is 0.244 e. The lowest BCUT2D eigenvalue weighted by Crippen LogP contribution is -2.11. The van der Waals surface area contributed by atoms with Crippen LogP contribution in [0.15, 0.2) is 30.5 Å². The first-order valence-corrected chi connectivity index (χ1v) is 7.63. The fraction of sp³-hybridized carbons (Fsp3) is 0.438. The van der Waals surface area contributed by atoms with Crippen LogP contribution >= 0.6 is 0 Å². The molecule has 0 spiro atoms. The zero-order valence-electron chi connectivity index (χ0n) is 13.2. The Bertz CT molecular complexity index is 576. The molecule has 0 saturated heterocycles. The van der Waals surface area contributed by atoms with Gasteiger partial charge in [0.1, 0.15) is 11.6 Å². The molecule has 22 heavy (non-hydrogen) atoms. The standard InChI is InChI=1S/C16H23N5O/c1-3-4-10-17-15-12-19-21-16(20-15)18-11-9-13-7-5-6-8-14(13)22-2/h5-8,12H,3-4,9-11H2,1-2H3,(H2,17,18,20,21). The molecule has 0 saturated carbocycles. The molecule has 0 fully saturated rings. The summed E-state index contributed by atoms with van der Waals surface area (Å²) in [5.74, 6) is 2.19. The minimum atomic E-state index is 0.538. The minimum Gasteiger partial charge on any atom is -0.496 e. The van der Waals surface area contributed by atoms with Crippen LogP contribution in [0, 0.1) is 0 Å². The van der Waals surface area contributed by atoms with Gasteiger partial charge in [-0.1, -0.05) is 31.5 Å². The Morgan fingerprint density at radius 2 is 2.00 bits per heavy atom. The zero-order valence-corrected chi connectivity index (χ0v) is 13.2. The predicted octanol–water partition coefficient (Wildman–Crippen LogP) is 2.75. The van der Waals surface area contributed by atoms with E-state index in [2.05, 4.69) is 38.8 Å². The molecular formula is C16H23N5O. The number of ether oxygens (including phenoxy) is 1. The minimum absolute atomic E-state index is 0.538. The monoisotopic (exact) mass is 301 g/mol. The lowest BCUT2D eigenvalue weighted by atomic mass is 10.1. The van der Waals surface area contributed by atoms with Crippen LogP contribution < -0.4 is 15.4 Å². The van der Waals surface area contributed by atoms with Crippen molar-refractivity contribution >= 4 is 11.8 Å². The number of hydrogen-bond donors (Lipinski definition) is 2. The quantitative estimate of drug-likeness (QED) is 0.694. The van der Waals surface area contributed by atoms with Crippen LogP contribution in [-0.4, -0.2) is 35.4 Å². The number of nitrogens with zero attached hydrogens (tertiary/aromatic N) is 3. The number of hydrogen-bond acceptors (Lipinski definition) is 6. The Morgan fingerprint density at radius 1 is 1.14 bits per heavy atom. The number of aromatic nitrogens is 3. The molecule has 6 heteroatoms. The highest BCUT2D eigenvalue weighted by Gasteiger charge is 2.03. The third kappa shape index (κ3) is 4.87. The molecule has 2 rings (SSSR count). The Labute approximate surface area is 131 Å². The van der Waals surface area contributed by atoms with E-state index in [9.17, 15) is 0 Å². The van der Waals surface area contributed by atoms with Gasteiger partial charge in [-0.25, -0.2) is 0 Å². The van der Waals surface area contributed by atoms with Crippen molar-refractivity contribution in [3.63, 3.8) is 0 Å². The van der Waals surface area contributed by atoms with Crippen molar-refractivity contribution in [1.29, 1.82) is 0 Å². The molecule has 0 aliphatic heterocycles. The number of anilines is 2. The molecule has 118 valence electrons. The first-order chi connectivity index (χ1) is 10.8. The lowest BCUT2D eigenvalue weighted by molar-refractivity contribution is 0.410. The summed E-state index contributed by atoms with van der Waals surface area (Å²) in [7, 11) is 1.69. The number of unbranched alkanes of at least 4 members (excludes halogenated alkanes) is 1. The van der Waals surface area contributed by atoms with E-state index in [4.69, 9.17) is 4.74 Å². The predicted molar refractivity (Wildman–Crippen MR) is 88.4 cm³/mol. The van der Waals surface area contributed by atoms with E-state index in [0.717, 1.165) is 49.5 Å². The van der Waals surface area contributed by atoms with Crippen molar-refractivity contribution in [1.82, 2.24) is 15.2 Å². The fourth-order valence-corrected chi connectivity index (χ4v) is 2.08. The number of benzene rings is 1. The average molecular weight is 301 g/mol. The maximum absolute atomic E-state index is 5.34. The summed E-state index contributed by atoms with van der Waals surface area (Å²) in [4.78, 5) is 4.39. The summed E-state index contributed by atoms with van der Waals surface area (Å²) in [6.07, 6.45) is 4.73. The Balaban J connectivity index is 1.85. The molecule has 1 heterocycles. The Hall–Kier alpha value is -2.37. The van der Waals surface area contributed by atoms with Gasteiger partial charge in [0.2, 0.25) is 5.95 Å². The summed E-state index contributed by atoms with van der Waals surface area (Å²) >= 11 is 0. The molecule has 1 aromatic heterocycles. The van der Waals surface area contributed by atoms with E-state index < -0.39 is 0 Å². The van der Waals surface area contributed by atoms with Gasteiger partial charge in [-0.2, -0.15) is 10.1 Å². The van der Waals surface area contributed by atoms with Gasteiger partial charge in [0.15, 0.2) is 0 Å². The first-order valence-electron chi connectivity index (χ1n) is 7.63. The topological polar surface area (TPSA) is 72.0 Å². The Kier molecular flexibility index (Phi) is 6.41. The van der Waals surface area contributed by atoms with Crippen molar-refractivity contribution in [3.05, 3.63) is 36.0 Å². The highest BCUT2D eigenvalue weighted by Crippen LogP contribution is 2.17. The molecule has 2 aromatic rings. The molecule has 0 bridgehead atoms. The first kappa shape index (κ1) is 16.0. The van der Waals surface area contributed by atoms with E-state index in [1.165, 1.54) is 0 Å². The van der Waals surface area contributed by atoms with E-state index in [1.54, 1.807) is 13.3 Å². The number of para-hydroxylation sites is 1. The van der Waals surface area contributed by atoms with Crippen LogP contribution in [-0.2, 0) is 6.42 Å². The van der Waals surface area contributed by atoms with Crippen LogP contribution in [0.25, 0.3) is 0 Å². The molecule has 0 aliphatic carbocycles. The number of nitrogens with one attached hydrogen (secondary N) is 2. The Morgan fingerprint density at radius 3 is 2.82 bits per heavy atom. The van der Waals surface area contributed by atoms with Crippen LogP contribution in [0.5, 0.6) is 5.75 Å². The van der Waals surface area contributed by atoms with Gasteiger partial charge in [-0.15, -0.1) is 5.10 Å². The summed E-state index contributed by atoms with van der Waals surface area (Å²) < 4.78 is 5.34. The second kappa shape index (κ2) is 8.81. The van der Waals surface area contributed by atoms with Gasteiger partial charge in [0.25, 0.3) is 0 Å². The van der Waals surface area contributed by atoms with Gasteiger partial charge in [-0.3, -0.25) is 0 Å². The third-order valence-corrected chi connectivity index (χ3v) is 3.27. The number of rotatable bonds is 9. The highest BCUT2D eigenvalue weighted by molar-refractivity contribution is 5.38. The zero-order chi connectivity index (χ0) is 15.6.